The molecule has 0 aromatic rings. The first-order valence-corrected chi connectivity index (χ1v) is 3.75. The van der Waals surface area contributed by atoms with Crippen molar-refractivity contribution in [2.75, 3.05) is 0 Å². The van der Waals surface area contributed by atoms with E-state index in [9.17, 15) is 0 Å². The first-order valence-electron chi connectivity index (χ1n) is 3.75. The number of hydrogen-bond acceptors (Lipinski definition) is 0. The lowest BCUT2D eigenvalue weighted by Gasteiger charge is -2.03. The fourth-order valence-electron chi connectivity index (χ4n) is 3.54. The molecule has 4 saturated carbocycles. The summed E-state index contributed by atoms with van der Waals surface area (Å²) in [4.78, 5) is 0. The molecule has 0 heterocycles. The highest BCUT2D eigenvalue weighted by Gasteiger charge is 2.86. The molecule has 0 amide bonds. The van der Waals surface area contributed by atoms with Crippen LogP contribution >= 0.6 is 0 Å². The third-order valence-electron chi connectivity index (χ3n) is 3.91. The molecule has 0 aromatic carbocycles. The normalized spacial score (nSPS) is 81.8. The molecule has 3 atom stereocenters. The second-order valence-electron chi connectivity index (χ2n) is 4.32. The van der Waals surface area contributed by atoms with Crippen LogP contribution in [-0.4, -0.2) is 0 Å². The monoisotopic (exact) mass is 108 g/mol. The van der Waals surface area contributed by atoms with Crippen molar-refractivity contribution in [1.82, 2.24) is 0 Å². The van der Waals surface area contributed by atoms with Gasteiger partial charge < -0.3 is 0 Å². The Morgan fingerprint density at radius 1 is 1.38 bits per heavy atom. The Kier molecular flexibility index (Phi) is 0.342. The molecule has 2 bridgehead atoms. The van der Waals surface area contributed by atoms with Crippen LogP contribution in [0.25, 0.3) is 0 Å². The summed E-state index contributed by atoms with van der Waals surface area (Å²) >= 11 is 0. The van der Waals surface area contributed by atoms with E-state index in [0.29, 0.717) is 0 Å². The summed E-state index contributed by atoms with van der Waals surface area (Å²) in [5.41, 5.74) is 0.893. The fraction of sp³-hybridized carbons (Fsp3) is 1.00. The predicted molar refractivity (Wildman–Crippen MR) is 32.4 cm³/mol. The van der Waals surface area contributed by atoms with Gasteiger partial charge in [0.25, 0.3) is 0 Å². The van der Waals surface area contributed by atoms with E-state index in [0.717, 1.165) is 11.3 Å². The van der Waals surface area contributed by atoms with E-state index in [1.54, 1.807) is 6.42 Å². The average Bonchev–Trinajstić information content (AvgIpc) is 2.44. The van der Waals surface area contributed by atoms with Gasteiger partial charge in [0.05, 0.1) is 0 Å². The standard InChI is InChI=1S/C8H12/c1-4-3-8(2)6-5(4)7(6)8/h4-7H,3H2,1-2H3. The minimum absolute atomic E-state index is 0.893. The van der Waals surface area contributed by atoms with Crippen molar-refractivity contribution >= 4 is 0 Å². The molecule has 0 saturated heterocycles. The molecule has 0 spiro atoms. The van der Waals surface area contributed by atoms with Gasteiger partial charge in [0.15, 0.2) is 0 Å². The fourth-order valence-corrected chi connectivity index (χ4v) is 3.54. The van der Waals surface area contributed by atoms with Gasteiger partial charge in [-0.05, 0) is 35.5 Å². The lowest BCUT2D eigenvalue weighted by atomic mass is 10.0. The van der Waals surface area contributed by atoms with Gasteiger partial charge in [0.1, 0.15) is 0 Å². The molecule has 0 heteroatoms. The highest BCUT2D eigenvalue weighted by Crippen LogP contribution is 2.91. The van der Waals surface area contributed by atoms with Crippen LogP contribution in [0.5, 0.6) is 0 Å². The van der Waals surface area contributed by atoms with Crippen LogP contribution in [0.15, 0.2) is 0 Å². The Bertz CT molecular complexity index is 138. The van der Waals surface area contributed by atoms with E-state index in [4.69, 9.17) is 0 Å². The summed E-state index contributed by atoms with van der Waals surface area (Å²) in [5, 5.41) is 0. The number of fused-ring (bicyclic) bond motifs is 1. The molecule has 44 valence electrons. The molecule has 4 aliphatic carbocycles. The molecule has 8 heavy (non-hydrogen) atoms. The van der Waals surface area contributed by atoms with Crippen LogP contribution in [0.3, 0.4) is 0 Å². The molecule has 3 unspecified atom stereocenters. The highest BCUT2D eigenvalue weighted by molar-refractivity contribution is 5.33. The van der Waals surface area contributed by atoms with E-state index in [1.807, 2.05) is 0 Å². The Hall–Kier alpha value is 0. The summed E-state index contributed by atoms with van der Waals surface area (Å²) in [5.74, 6) is 4.74. The van der Waals surface area contributed by atoms with Crippen molar-refractivity contribution in [3.63, 3.8) is 0 Å². The van der Waals surface area contributed by atoms with Crippen LogP contribution in [0.4, 0.5) is 0 Å². The van der Waals surface area contributed by atoms with E-state index >= 15 is 0 Å². The maximum absolute atomic E-state index is 2.47. The van der Waals surface area contributed by atoms with E-state index in [2.05, 4.69) is 13.8 Å². The predicted octanol–water partition coefficient (Wildman–Crippen LogP) is 1.91. The van der Waals surface area contributed by atoms with Gasteiger partial charge >= 0.3 is 0 Å². The van der Waals surface area contributed by atoms with Gasteiger partial charge in [-0.15, -0.1) is 0 Å². The lowest BCUT2D eigenvalue weighted by molar-refractivity contribution is 0.448. The zero-order valence-corrected chi connectivity index (χ0v) is 5.52. The maximum Gasteiger partial charge on any atom is -0.0255 e. The van der Waals surface area contributed by atoms with Gasteiger partial charge in [-0.1, -0.05) is 13.8 Å². The topological polar surface area (TPSA) is 0 Å². The maximum atomic E-state index is 2.47. The van der Waals surface area contributed by atoms with Gasteiger partial charge in [-0.2, -0.15) is 0 Å². The van der Waals surface area contributed by atoms with Crippen molar-refractivity contribution in [3.8, 4) is 0 Å². The van der Waals surface area contributed by atoms with Gasteiger partial charge in [0, 0.05) is 0 Å². The quantitative estimate of drug-likeness (QED) is 0.444. The summed E-state index contributed by atoms with van der Waals surface area (Å²) in [7, 11) is 0. The smallest absolute Gasteiger partial charge is 0.0255 e. The van der Waals surface area contributed by atoms with E-state index < -0.39 is 0 Å². The molecule has 0 aliphatic heterocycles. The molecular weight excluding hydrogens is 96.1 g/mol. The van der Waals surface area contributed by atoms with E-state index in [1.165, 1.54) is 17.8 Å². The van der Waals surface area contributed by atoms with E-state index in [-0.39, 0.29) is 0 Å². The molecule has 0 radical (unpaired) electrons. The molecular formula is C8H12. The second kappa shape index (κ2) is 0.698. The van der Waals surface area contributed by atoms with Crippen molar-refractivity contribution in [1.29, 1.82) is 0 Å². The lowest BCUT2D eigenvalue weighted by Crippen LogP contribution is -1.97. The minimum Gasteiger partial charge on any atom is -0.0622 e. The highest BCUT2D eigenvalue weighted by atomic mass is 14.9. The van der Waals surface area contributed by atoms with Crippen molar-refractivity contribution in [3.05, 3.63) is 0 Å². The van der Waals surface area contributed by atoms with Crippen molar-refractivity contribution in [2.24, 2.45) is 29.1 Å². The van der Waals surface area contributed by atoms with Crippen molar-refractivity contribution < 1.29 is 0 Å². The summed E-state index contributed by atoms with van der Waals surface area (Å²) in [6.45, 7) is 4.90. The van der Waals surface area contributed by atoms with Crippen molar-refractivity contribution in [2.45, 2.75) is 20.3 Å². The van der Waals surface area contributed by atoms with Crippen LogP contribution in [0.1, 0.15) is 20.3 Å². The number of hydrogen-bond donors (Lipinski definition) is 0. The average molecular weight is 108 g/mol. The molecule has 4 fully saturated rings. The zero-order chi connectivity index (χ0) is 5.52. The van der Waals surface area contributed by atoms with Crippen LogP contribution < -0.4 is 0 Å². The summed E-state index contributed by atoms with van der Waals surface area (Å²) in [6.07, 6.45) is 1.55. The Morgan fingerprint density at radius 3 is 2.12 bits per heavy atom. The SMILES string of the molecule is CC1CC2(C)C3C1C32. The minimum atomic E-state index is 0.893. The van der Waals surface area contributed by atoms with Gasteiger partial charge in [-0.25, -0.2) is 0 Å². The molecule has 0 N–H and O–H groups in total. The second-order valence-corrected chi connectivity index (χ2v) is 4.32. The molecule has 4 rings (SSSR count). The Balaban J connectivity index is 2.05. The Labute approximate surface area is 50.3 Å². The van der Waals surface area contributed by atoms with Crippen LogP contribution in [-0.2, 0) is 0 Å². The van der Waals surface area contributed by atoms with Crippen LogP contribution in [0, 0.1) is 29.1 Å². The molecule has 0 nitrogen and oxygen atoms in total. The third-order valence-corrected chi connectivity index (χ3v) is 3.91. The van der Waals surface area contributed by atoms with Gasteiger partial charge in [0.2, 0.25) is 0 Å². The number of rotatable bonds is 0. The van der Waals surface area contributed by atoms with Crippen LogP contribution in [0.2, 0.25) is 0 Å². The largest absolute Gasteiger partial charge is 0.0622 e. The zero-order valence-electron chi connectivity index (χ0n) is 5.52. The first kappa shape index (κ1) is 3.92. The first-order chi connectivity index (χ1) is 3.75. The summed E-state index contributed by atoms with van der Waals surface area (Å²) < 4.78 is 0. The summed E-state index contributed by atoms with van der Waals surface area (Å²) in [6, 6.07) is 0. The van der Waals surface area contributed by atoms with Gasteiger partial charge in [-0.3, -0.25) is 0 Å². The third kappa shape index (κ3) is 0.178. The molecule has 0 aromatic heterocycles. The Morgan fingerprint density at radius 2 is 2.00 bits per heavy atom. The molecule has 4 aliphatic rings.